The van der Waals surface area contributed by atoms with Crippen molar-refractivity contribution < 1.29 is 14.6 Å². The summed E-state index contributed by atoms with van der Waals surface area (Å²) >= 11 is 0. The van der Waals surface area contributed by atoms with Crippen molar-refractivity contribution in [2.45, 2.75) is 31.9 Å². The van der Waals surface area contributed by atoms with Crippen molar-refractivity contribution in [3.8, 4) is 5.75 Å². The third-order valence-corrected chi connectivity index (χ3v) is 4.83. The first-order valence-corrected chi connectivity index (χ1v) is 8.84. The van der Waals surface area contributed by atoms with Gasteiger partial charge in [-0.25, -0.2) is 0 Å². The van der Waals surface area contributed by atoms with E-state index in [1.807, 2.05) is 30.3 Å². The average molecular weight is 329 g/mol. The van der Waals surface area contributed by atoms with Crippen molar-refractivity contribution in [3.05, 3.63) is 42.5 Å². The van der Waals surface area contributed by atoms with Gasteiger partial charge in [-0.15, -0.1) is 0 Å². The summed E-state index contributed by atoms with van der Waals surface area (Å²) in [5.74, 6) is 1.45. The Morgan fingerprint density at radius 1 is 1.17 bits per heavy atom. The van der Waals surface area contributed by atoms with Crippen LogP contribution in [0.1, 0.15) is 19.8 Å². The zero-order valence-corrected chi connectivity index (χ0v) is 14.3. The van der Waals surface area contributed by atoms with Gasteiger partial charge in [0.05, 0.1) is 0 Å². The quantitative estimate of drug-likeness (QED) is 0.820. The number of fused-ring (bicyclic) bond motifs is 1. The van der Waals surface area contributed by atoms with Gasteiger partial charge >= 0.3 is 0 Å². The summed E-state index contributed by atoms with van der Waals surface area (Å²) in [7, 11) is 0. The van der Waals surface area contributed by atoms with Gasteiger partial charge in [0.25, 0.3) is 0 Å². The van der Waals surface area contributed by atoms with Crippen molar-refractivity contribution in [1.82, 2.24) is 5.32 Å². The molecule has 0 spiro atoms. The van der Waals surface area contributed by atoms with Crippen LogP contribution < -0.4 is 10.1 Å². The maximum atomic E-state index is 10.2. The molecule has 1 heterocycles. The van der Waals surface area contributed by atoms with E-state index in [1.54, 1.807) is 0 Å². The van der Waals surface area contributed by atoms with Crippen molar-refractivity contribution in [2.24, 2.45) is 5.92 Å². The van der Waals surface area contributed by atoms with Crippen LogP contribution in [0.2, 0.25) is 0 Å². The molecule has 0 bridgehead atoms. The highest BCUT2D eigenvalue weighted by molar-refractivity contribution is 5.88. The zero-order chi connectivity index (χ0) is 16.8. The van der Waals surface area contributed by atoms with E-state index < -0.39 is 6.10 Å². The van der Waals surface area contributed by atoms with Gasteiger partial charge < -0.3 is 19.9 Å². The van der Waals surface area contributed by atoms with Crippen LogP contribution in [0.15, 0.2) is 42.5 Å². The molecule has 2 aromatic carbocycles. The second kappa shape index (κ2) is 8.47. The molecular formula is C20H27NO3. The number of ether oxygens (including phenoxy) is 2. The molecule has 2 N–H and O–H groups in total. The normalized spacial score (nSPS) is 18.4. The molecule has 0 radical (unpaired) electrons. The number of nitrogens with one attached hydrogen (secondary N) is 1. The SMILES string of the molecule is CC(NCC(O)COc1cccc2ccccc12)C1CCOCC1. The standard InChI is InChI=1S/C20H27NO3/c1-15(16-9-11-23-12-10-16)21-13-18(22)14-24-20-8-4-6-17-5-2-3-7-19(17)20/h2-8,15-16,18,21-22H,9-14H2,1H3. The first-order valence-electron chi connectivity index (χ1n) is 8.84. The molecule has 3 rings (SSSR count). The molecule has 1 saturated heterocycles. The zero-order valence-electron chi connectivity index (χ0n) is 14.3. The number of hydrogen-bond donors (Lipinski definition) is 2. The molecule has 0 aromatic heterocycles. The van der Waals surface area contributed by atoms with Crippen LogP contribution in [0, 0.1) is 5.92 Å². The summed E-state index contributed by atoms with van der Waals surface area (Å²) in [4.78, 5) is 0. The second-order valence-corrected chi connectivity index (χ2v) is 6.59. The molecule has 0 aliphatic carbocycles. The van der Waals surface area contributed by atoms with Gasteiger partial charge in [0.15, 0.2) is 0 Å². The third-order valence-electron chi connectivity index (χ3n) is 4.83. The molecule has 0 amide bonds. The lowest BCUT2D eigenvalue weighted by Gasteiger charge is -2.29. The minimum Gasteiger partial charge on any atom is -0.490 e. The lowest BCUT2D eigenvalue weighted by molar-refractivity contribution is 0.0513. The smallest absolute Gasteiger partial charge is 0.127 e. The van der Waals surface area contributed by atoms with Crippen LogP contribution in [0.5, 0.6) is 5.75 Å². The van der Waals surface area contributed by atoms with Gasteiger partial charge in [-0.1, -0.05) is 36.4 Å². The Balaban J connectivity index is 1.47. The van der Waals surface area contributed by atoms with Crippen LogP contribution in [0.4, 0.5) is 0 Å². The summed E-state index contributed by atoms with van der Waals surface area (Å²) < 4.78 is 11.2. The molecule has 2 aromatic rings. The van der Waals surface area contributed by atoms with E-state index in [4.69, 9.17) is 9.47 Å². The summed E-state index contributed by atoms with van der Waals surface area (Å²) in [6.07, 6.45) is 1.67. The monoisotopic (exact) mass is 329 g/mol. The summed E-state index contributed by atoms with van der Waals surface area (Å²) in [6.45, 7) is 4.73. The maximum absolute atomic E-state index is 10.2. The fourth-order valence-electron chi connectivity index (χ4n) is 3.27. The summed E-state index contributed by atoms with van der Waals surface area (Å²) in [5.41, 5.74) is 0. The van der Waals surface area contributed by atoms with Crippen molar-refractivity contribution >= 4 is 10.8 Å². The first-order chi connectivity index (χ1) is 11.7. The van der Waals surface area contributed by atoms with Gasteiger partial charge in [-0.05, 0) is 37.1 Å². The molecule has 130 valence electrons. The average Bonchev–Trinajstić information content (AvgIpc) is 2.65. The molecule has 1 aliphatic rings. The van der Waals surface area contributed by atoms with Crippen molar-refractivity contribution in [3.63, 3.8) is 0 Å². The minimum absolute atomic E-state index is 0.293. The third kappa shape index (κ3) is 4.47. The van der Waals surface area contributed by atoms with Gasteiger partial charge in [0, 0.05) is 31.2 Å². The Bertz CT molecular complexity index is 634. The lowest BCUT2D eigenvalue weighted by Crippen LogP contribution is -2.41. The van der Waals surface area contributed by atoms with Crippen LogP contribution >= 0.6 is 0 Å². The molecule has 2 unspecified atom stereocenters. The molecule has 0 saturated carbocycles. The fourth-order valence-corrected chi connectivity index (χ4v) is 3.27. The largest absolute Gasteiger partial charge is 0.490 e. The number of rotatable bonds is 7. The Hall–Kier alpha value is -1.62. The summed E-state index contributed by atoms with van der Waals surface area (Å²) in [5, 5.41) is 15.9. The van der Waals surface area contributed by atoms with Gasteiger partial charge in [0.1, 0.15) is 18.5 Å². The van der Waals surface area contributed by atoms with E-state index in [9.17, 15) is 5.11 Å². The Morgan fingerprint density at radius 2 is 1.92 bits per heavy atom. The van der Waals surface area contributed by atoms with E-state index in [-0.39, 0.29) is 0 Å². The number of aliphatic hydroxyl groups excluding tert-OH is 1. The van der Waals surface area contributed by atoms with E-state index in [0.717, 1.165) is 42.6 Å². The molecule has 2 atom stereocenters. The highest BCUT2D eigenvalue weighted by atomic mass is 16.5. The van der Waals surface area contributed by atoms with Gasteiger partial charge in [-0.2, -0.15) is 0 Å². The van der Waals surface area contributed by atoms with Gasteiger partial charge in [0.2, 0.25) is 0 Å². The van der Waals surface area contributed by atoms with Crippen LogP contribution in [0.3, 0.4) is 0 Å². The Labute approximate surface area is 143 Å². The van der Waals surface area contributed by atoms with E-state index in [1.165, 1.54) is 0 Å². The predicted molar refractivity (Wildman–Crippen MR) is 96.5 cm³/mol. The van der Waals surface area contributed by atoms with E-state index in [0.29, 0.717) is 25.1 Å². The minimum atomic E-state index is -0.522. The Kier molecular flexibility index (Phi) is 6.07. The molecule has 1 aliphatic heterocycles. The topological polar surface area (TPSA) is 50.7 Å². The molecule has 4 heteroatoms. The number of benzene rings is 2. The summed E-state index contributed by atoms with van der Waals surface area (Å²) in [6, 6.07) is 14.5. The molecule has 24 heavy (non-hydrogen) atoms. The van der Waals surface area contributed by atoms with Crippen LogP contribution in [-0.2, 0) is 4.74 Å². The maximum Gasteiger partial charge on any atom is 0.127 e. The van der Waals surface area contributed by atoms with Crippen molar-refractivity contribution in [1.29, 1.82) is 0 Å². The highest BCUT2D eigenvalue weighted by Crippen LogP contribution is 2.25. The molecular weight excluding hydrogens is 302 g/mol. The predicted octanol–water partition coefficient (Wildman–Crippen LogP) is 2.98. The fraction of sp³-hybridized carbons (Fsp3) is 0.500. The molecule has 1 fully saturated rings. The van der Waals surface area contributed by atoms with E-state index in [2.05, 4.69) is 24.4 Å². The molecule has 4 nitrogen and oxygen atoms in total. The van der Waals surface area contributed by atoms with Gasteiger partial charge in [-0.3, -0.25) is 0 Å². The highest BCUT2D eigenvalue weighted by Gasteiger charge is 2.20. The van der Waals surface area contributed by atoms with Crippen LogP contribution in [0.25, 0.3) is 10.8 Å². The van der Waals surface area contributed by atoms with E-state index >= 15 is 0 Å². The Morgan fingerprint density at radius 3 is 2.75 bits per heavy atom. The van der Waals surface area contributed by atoms with Crippen molar-refractivity contribution in [2.75, 3.05) is 26.4 Å². The lowest BCUT2D eigenvalue weighted by atomic mass is 9.93. The van der Waals surface area contributed by atoms with Crippen LogP contribution in [-0.4, -0.2) is 43.6 Å². The first kappa shape index (κ1) is 17.2. The number of hydrogen-bond acceptors (Lipinski definition) is 4. The second-order valence-electron chi connectivity index (χ2n) is 6.59. The number of aliphatic hydroxyl groups is 1.